The van der Waals surface area contributed by atoms with E-state index in [4.69, 9.17) is 4.98 Å². The van der Waals surface area contributed by atoms with Crippen molar-refractivity contribution in [2.45, 2.75) is 19.3 Å². The molecule has 21 heavy (non-hydrogen) atoms. The highest BCUT2D eigenvalue weighted by molar-refractivity contribution is 9.11. The first-order valence-corrected chi connectivity index (χ1v) is 9.13. The van der Waals surface area contributed by atoms with E-state index in [-0.39, 0.29) is 5.75 Å². The van der Waals surface area contributed by atoms with Crippen LogP contribution in [0.25, 0.3) is 20.8 Å². The van der Waals surface area contributed by atoms with E-state index < -0.39 is 0 Å². The zero-order chi connectivity index (χ0) is 14.6. The molecule has 0 bridgehead atoms. The Balaban J connectivity index is 1.88. The molecular formula is C16H11Br2NOS. The van der Waals surface area contributed by atoms with Crippen molar-refractivity contribution in [3.05, 3.63) is 44.3 Å². The van der Waals surface area contributed by atoms with Crippen LogP contribution in [0.1, 0.15) is 17.5 Å². The molecule has 1 N–H and O–H groups in total. The van der Waals surface area contributed by atoms with Crippen LogP contribution >= 0.6 is 43.2 Å². The predicted octanol–water partition coefficient (Wildman–Crippen LogP) is 5.68. The summed E-state index contributed by atoms with van der Waals surface area (Å²) in [7, 11) is 0. The number of hydrogen-bond acceptors (Lipinski definition) is 3. The van der Waals surface area contributed by atoms with Crippen molar-refractivity contribution in [3.63, 3.8) is 0 Å². The van der Waals surface area contributed by atoms with Crippen LogP contribution in [-0.4, -0.2) is 10.1 Å². The Bertz CT molecular complexity index is 808. The maximum absolute atomic E-state index is 9.82. The van der Waals surface area contributed by atoms with Gasteiger partial charge in [-0.25, -0.2) is 4.98 Å². The van der Waals surface area contributed by atoms with E-state index in [9.17, 15) is 5.11 Å². The number of rotatable bonds is 1. The normalized spacial score (nSPS) is 13.8. The largest absolute Gasteiger partial charge is 0.506 e. The number of phenols is 1. The number of halogens is 2. The van der Waals surface area contributed by atoms with Gasteiger partial charge in [0.15, 0.2) is 0 Å². The average molecular weight is 425 g/mol. The minimum Gasteiger partial charge on any atom is -0.506 e. The van der Waals surface area contributed by atoms with E-state index in [2.05, 4.69) is 44.0 Å². The van der Waals surface area contributed by atoms with Crippen LogP contribution in [-0.2, 0) is 12.8 Å². The summed E-state index contributed by atoms with van der Waals surface area (Å²) in [6.07, 6.45) is 3.63. The molecule has 3 aromatic rings. The Morgan fingerprint density at radius 1 is 1.00 bits per heavy atom. The minimum absolute atomic E-state index is 0.221. The highest BCUT2D eigenvalue weighted by Gasteiger charge is 2.16. The van der Waals surface area contributed by atoms with Crippen molar-refractivity contribution in [1.29, 1.82) is 0 Å². The van der Waals surface area contributed by atoms with E-state index in [0.29, 0.717) is 8.95 Å². The number of fused-ring (bicyclic) bond motifs is 2. The fourth-order valence-corrected chi connectivity index (χ4v) is 4.99. The summed E-state index contributed by atoms with van der Waals surface area (Å²) in [4.78, 5) is 4.77. The summed E-state index contributed by atoms with van der Waals surface area (Å²) in [5.41, 5.74) is 5.02. The molecule has 1 heterocycles. The van der Waals surface area contributed by atoms with Gasteiger partial charge in [0.25, 0.3) is 0 Å². The summed E-state index contributed by atoms with van der Waals surface area (Å²) >= 11 is 8.46. The number of thiazole rings is 1. The highest BCUT2D eigenvalue weighted by Crippen LogP contribution is 2.40. The van der Waals surface area contributed by atoms with E-state index in [0.717, 1.165) is 16.1 Å². The van der Waals surface area contributed by atoms with Crippen LogP contribution in [0.2, 0.25) is 0 Å². The third kappa shape index (κ3) is 2.31. The number of phenolic OH excluding ortho intramolecular Hbond substituents is 1. The molecule has 106 valence electrons. The first kappa shape index (κ1) is 13.7. The van der Waals surface area contributed by atoms with E-state index >= 15 is 0 Å². The minimum atomic E-state index is 0.221. The van der Waals surface area contributed by atoms with Crippen molar-refractivity contribution >= 4 is 53.4 Å². The zero-order valence-electron chi connectivity index (χ0n) is 11.0. The van der Waals surface area contributed by atoms with Gasteiger partial charge in [0.1, 0.15) is 10.8 Å². The summed E-state index contributed by atoms with van der Waals surface area (Å²) in [5.74, 6) is 0.221. The van der Waals surface area contributed by atoms with Gasteiger partial charge in [-0.1, -0.05) is 0 Å². The van der Waals surface area contributed by atoms with Crippen molar-refractivity contribution in [2.24, 2.45) is 0 Å². The van der Waals surface area contributed by atoms with Gasteiger partial charge in [0.2, 0.25) is 0 Å². The van der Waals surface area contributed by atoms with Gasteiger partial charge in [-0.05, 0) is 86.5 Å². The quantitative estimate of drug-likeness (QED) is 0.544. The molecule has 0 saturated heterocycles. The molecule has 4 rings (SSSR count). The van der Waals surface area contributed by atoms with Gasteiger partial charge in [-0.15, -0.1) is 11.3 Å². The SMILES string of the molecule is Oc1c(Br)cc(-c2nc3cc4c(cc3s2)CCC4)cc1Br. The number of benzene rings is 2. The summed E-state index contributed by atoms with van der Waals surface area (Å²) < 4.78 is 2.59. The maximum Gasteiger partial charge on any atom is 0.143 e. The number of hydrogen-bond donors (Lipinski definition) is 1. The van der Waals surface area contributed by atoms with Crippen LogP contribution in [0, 0.1) is 0 Å². The monoisotopic (exact) mass is 423 g/mol. The van der Waals surface area contributed by atoms with E-state index in [1.807, 2.05) is 12.1 Å². The van der Waals surface area contributed by atoms with Crippen LogP contribution in [0.5, 0.6) is 5.75 Å². The second kappa shape index (κ2) is 5.07. The molecule has 1 aromatic heterocycles. The van der Waals surface area contributed by atoms with Gasteiger partial charge in [0, 0.05) is 5.56 Å². The molecule has 0 aliphatic heterocycles. The number of nitrogens with zero attached hydrogens (tertiary/aromatic N) is 1. The highest BCUT2D eigenvalue weighted by atomic mass is 79.9. The molecular weight excluding hydrogens is 414 g/mol. The molecule has 0 radical (unpaired) electrons. The maximum atomic E-state index is 9.82. The zero-order valence-corrected chi connectivity index (χ0v) is 15.0. The topological polar surface area (TPSA) is 33.1 Å². The Kier molecular flexibility index (Phi) is 3.32. The van der Waals surface area contributed by atoms with Gasteiger partial charge in [-0.2, -0.15) is 0 Å². The Morgan fingerprint density at radius 2 is 1.67 bits per heavy atom. The van der Waals surface area contributed by atoms with Gasteiger partial charge in [0.05, 0.1) is 19.2 Å². The lowest BCUT2D eigenvalue weighted by molar-refractivity contribution is 0.468. The molecule has 0 unspecified atom stereocenters. The molecule has 0 saturated carbocycles. The smallest absolute Gasteiger partial charge is 0.143 e. The van der Waals surface area contributed by atoms with Crippen LogP contribution in [0.15, 0.2) is 33.2 Å². The number of aromatic nitrogens is 1. The molecule has 1 aliphatic rings. The molecule has 0 fully saturated rings. The van der Waals surface area contributed by atoms with Crippen molar-refractivity contribution in [2.75, 3.05) is 0 Å². The third-order valence-corrected chi connectivity index (χ3v) is 6.14. The van der Waals surface area contributed by atoms with Gasteiger partial charge < -0.3 is 5.11 Å². The third-order valence-electron chi connectivity index (χ3n) is 3.87. The van der Waals surface area contributed by atoms with Crippen LogP contribution in [0.3, 0.4) is 0 Å². The summed E-state index contributed by atoms with van der Waals surface area (Å²) in [5, 5.41) is 10.8. The fraction of sp³-hybridized carbons (Fsp3) is 0.188. The first-order chi connectivity index (χ1) is 10.1. The lowest BCUT2D eigenvalue weighted by Crippen LogP contribution is -1.81. The predicted molar refractivity (Wildman–Crippen MR) is 94.1 cm³/mol. The molecule has 1 aliphatic carbocycles. The lowest BCUT2D eigenvalue weighted by Gasteiger charge is -2.03. The van der Waals surface area contributed by atoms with Crippen molar-refractivity contribution in [3.8, 4) is 16.3 Å². The Morgan fingerprint density at radius 3 is 2.38 bits per heavy atom. The first-order valence-electron chi connectivity index (χ1n) is 6.72. The molecule has 2 aromatic carbocycles. The molecule has 0 amide bonds. The second-order valence-electron chi connectivity index (χ2n) is 5.25. The molecule has 0 spiro atoms. The Hall–Kier alpha value is -0.910. The van der Waals surface area contributed by atoms with Crippen molar-refractivity contribution < 1.29 is 5.11 Å². The average Bonchev–Trinajstić information content (AvgIpc) is 3.06. The summed E-state index contributed by atoms with van der Waals surface area (Å²) in [6, 6.07) is 8.35. The fourth-order valence-electron chi connectivity index (χ4n) is 2.81. The number of aromatic hydroxyl groups is 1. The lowest BCUT2D eigenvalue weighted by atomic mass is 10.1. The Labute approximate surface area is 143 Å². The summed E-state index contributed by atoms with van der Waals surface area (Å²) in [6.45, 7) is 0. The van der Waals surface area contributed by atoms with Crippen molar-refractivity contribution in [1.82, 2.24) is 4.98 Å². The second-order valence-corrected chi connectivity index (χ2v) is 7.99. The van der Waals surface area contributed by atoms with Gasteiger partial charge >= 0.3 is 0 Å². The van der Waals surface area contributed by atoms with E-state index in [1.54, 1.807) is 11.3 Å². The van der Waals surface area contributed by atoms with E-state index in [1.165, 1.54) is 35.1 Å². The standard InChI is InChI=1S/C16H11Br2NOS/c17-11-4-10(5-12(18)15(11)20)16-19-13-6-8-2-1-3-9(8)7-14(13)21-16/h4-7,20H,1-3H2. The van der Waals surface area contributed by atoms with Crippen LogP contribution in [0.4, 0.5) is 0 Å². The number of aryl methyl sites for hydroxylation is 2. The van der Waals surface area contributed by atoms with Gasteiger partial charge in [-0.3, -0.25) is 0 Å². The molecule has 2 nitrogen and oxygen atoms in total. The van der Waals surface area contributed by atoms with Crippen LogP contribution < -0.4 is 0 Å². The molecule has 0 atom stereocenters. The molecule has 5 heteroatoms.